The fourth-order valence-corrected chi connectivity index (χ4v) is 6.18. The molecule has 2 unspecified atom stereocenters. The van der Waals surface area contributed by atoms with Crippen LogP contribution in [0.5, 0.6) is 5.75 Å². The van der Waals surface area contributed by atoms with Crippen LogP contribution < -0.4 is 10.1 Å². The number of carbonyl (C=O) groups excluding carboxylic acids is 1. The van der Waals surface area contributed by atoms with Gasteiger partial charge in [-0.05, 0) is 62.2 Å². The van der Waals surface area contributed by atoms with Crippen molar-refractivity contribution in [3.8, 4) is 5.75 Å². The number of rotatable bonds is 4. The Hall–Kier alpha value is -1.90. The summed E-state index contributed by atoms with van der Waals surface area (Å²) < 4.78 is 34.1. The Labute approximate surface area is 185 Å². The van der Waals surface area contributed by atoms with E-state index < -0.39 is 10.0 Å². The van der Waals surface area contributed by atoms with Crippen molar-refractivity contribution >= 4 is 31.9 Å². The third-order valence-electron chi connectivity index (χ3n) is 5.78. The number of amides is 1. The first-order chi connectivity index (χ1) is 14.4. The Bertz CT molecular complexity index is 1040. The molecular formula is C22H25BrN2O4S. The van der Waals surface area contributed by atoms with E-state index in [9.17, 15) is 13.2 Å². The topological polar surface area (TPSA) is 75.7 Å². The summed E-state index contributed by atoms with van der Waals surface area (Å²) in [6, 6.07) is 11.8. The number of hydrogen-bond acceptors (Lipinski definition) is 4. The van der Waals surface area contributed by atoms with Gasteiger partial charge in [0.2, 0.25) is 10.0 Å². The average Bonchev–Trinajstić information content (AvgIpc) is 2.74. The van der Waals surface area contributed by atoms with E-state index in [-0.39, 0.29) is 22.9 Å². The summed E-state index contributed by atoms with van der Waals surface area (Å²) >= 11 is 3.46. The van der Waals surface area contributed by atoms with E-state index >= 15 is 0 Å². The van der Waals surface area contributed by atoms with Gasteiger partial charge in [-0.25, -0.2) is 8.42 Å². The normalized spacial score (nSPS) is 22.1. The van der Waals surface area contributed by atoms with Crippen molar-refractivity contribution in [2.45, 2.75) is 49.6 Å². The lowest BCUT2D eigenvalue weighted by Crippen LogP contribution is -2.41. The lowest BCUT2D eigenvalue weighted by molar-refractivity contribution is 0.0924. The molecule has 0 spiro atoms. The summed E-state index contributed by atoms with van der Waals surface area (Å²) in [4.78, 5) is 13.0. The third-order valence-corrected chi connectivity index (χ3v) is 8.30. The van der Waals surface area contributed by atoms with Gasteiger partial charge in [0, 0.05) is 34.6 Å². The first-order valence-electron chi connectivity index (χ1n) is 10.2. The molecule has 0 aromatic heterocycles. The van der Waals surface area contributed by atoms with E-state index in [2.05, 4.69) is 21.2 Å². The van der Waals surface area contributed by atoms with Gasteiger partial charge in [0.1, 0.15) is 5.75 Å². The highest BCUT2D eigenvalue weighted by Crippen LogP contribution is 2.34. The van der Waals surface area contributed by atoms with E-state index in [4.69, 9.17) is 4.74 Å². The molecule has 0 radical (unpaired) electrons. The van der Waals surface area contributed by atoms with Gasteiger partial charge in [-0.2, -0.15) is 4.31 Å². The summed E-state index contributed by atoms with van der Waals surface area (Å²) in [5, 5.41) is 3.05. The van der Waals surface area contributed by atoms with Gasteiger partial charge in [-0.15, -0.1) is 0 Å². The number of carbonyl (C=O) groups is 1. The molecule has 1 fully saturated rings. The number of halogens is 1. The Morgan fingerprint density at radius 3 is 2.63 bits per heavy atom. The number of nitrogens with one attached hydrogen (secondary N) is 1. The Morgan fingerprint density at radius 1 is 1.13 bits per heavy atom. The van der Waals surface area contributed by atoms with E-state index in [1.807, 2.05) is 25.1 Å². The zero-order valence-electron chi connectivity index (χ0n) is 16.8. The second-order valence-electron chi connectivity index (χ2n) is 7.83. The smallest absolute Gasteiger partial charge is 0.251 e. The van der Waals surface area contributed by atoms with Crippen LogP contribution in [0.4, 0.5) is 0 Å². The summed E-state index contributed by atoms with van der Waals surface area (Å²) in [6.07, 6.45) is 3.49. The van der Waals surface area contributed by atoms with Crippen LogP contribution in [-0.4, -0.2) is 37.8 Å². The van der Waals surface area contributed by atoms with Gasteiger partial charge in [0.15, 0.2) is 0 Å². The number of piperidine rings is 1. The van der Waals surface area contributed by atoms with Crippen LogP contribution >= 0.6 is 15.9 Å². The maximum absolute atomic E-state index is 13.0. The lowest BCUT2D eigenvalue weighted by Gasteiger charge is -2.32. The predicted octanol–water partition coefficient (Wildman–Crippen LogP) is 4.27. The number of benzene rings is 2. The van der Waals surface area contributed by atoms with Crippen molar-refractivity contribution in [2.75, 3.05) is 13.2 Å². The first kappa shape index (κ1) is 21.3. The second kappa shape index (κ2) is 8.69. The van der Waals surface area contributed by atoms with Gasteiger partial charge in [0.25, 0.3) is 5.91 Å². The maximum Gasteiger partial charge on any atom is 0.251 e. The summed E-state index contributed by atoms with van der Waals surface area (Å²) in [6.45, 7) is 3.03. The van der Waals surface area contributed by atoms with Crippen molar-refractivity contribution in [3.63, 3.8) is 0 Å². The molecule has 1 amide bonds. The van der Waals surface area contributed by atoms with Crippen molar-refractivity contribution < 1.29 is 17.9 Å². The first-order valence-corrected chi connectivity index (χ1v) is 12.4. The molecule has 1 saturated heterocycles. The van der Waals surface area contributed by atoms with Crippen molar-refractivity contribution in [1.29, 1.82) is 0 Å². The number of sulfonamides is 1. The molecule has 2 heterocycles. The zero-order valence-corrected chi connectivity index (χ0v) is 19.2. The minimum absolute atomic E-state index is 0.000335. The van der Waals surface area contributed by atoms with Crippen LogP contribution in [-0.2, 0) is 10.0 Å². The third kappa shape index (κ3) is 4.26. The fourth-order valence-electron chi connectivity index (χ4n) is 4.10. The molecule has 2 aromatic rings. The molecule has 2 aliphatic rings. The van der Waals surface area contributed by atoms with E-state index in [1.54, 1.807) is 16.4 Å². The predicted molar refractivity (Wildman–Crippen MR) is 118 cm³/mol. The lowest BCUT2D eigenvalue weighted by atomic mass is 10.00. The van der Waals surface area contributed by atoms with Crippen LogP contribution in [0.15, 0.2) is 51.8 Å². The fraction of sp³-hybridized carbons (Fsp3) is 0.409. The summed E-state index contributed by atoms with van der Waals surface area (Å²) in [5.74, 6) is 0.537. The maximum atomic E-state index is 13.0. The Balaban J connectivity index is 1.50. The van der Waals surface area contributed by atoms with Gasteiger partial charge >= 0.3 is 0 Å². The molecule has 0 saturated carbocycles. The summed E-state index contributed by atoms with van der Waals surface area (Å²) in [7, 11) is -3.55. The molecule has 0 aliphatic carbocycles. The SMILES string of the molecule is CC1CCCCN1S(=O)(=O)c1ccc(C(=O)NC2CCOc3ccc(Br)cc32)cc1. The Morgan fingerprint density at radius 2 is 1.90 bits per heavy atom. The molecule has 1 N–H and O–H groups in total. The van der Waals surface area contributed by atoms with Gasteiger partial charge in [-0.1, -0.05) is 22.4 Å². The van der Waals surface area contributed by atoms with Crippen LogP contribution in [0.3, 0.4) is 0 Å². The molecule has 30 heavy (non-hydrogen) atoms. The van der Waals surface area contributed by atoms with Crippen molar-refractivity contribution in [2.24, 2.45) is 0 Å². The van der Waals surface area contributed by atoms with Gasteiger partial charge < -0.3 is 10.1 Å². The Kier molecular flexibility index (Phi) is 6.18. The minimum atomic E-state index is -3.55. The van der Waals surface area contributed by atoms with E-state index in [0.29, 0.717) is 25.1 Å². The molecular weight excluding hydrogens is 468 g/mol. The van der Waals surface area contributed by atoms with Crippen LogP contribution in [0, 0.1) is 0 Å². The zero-order chi connectivity index (χ0) is 21.3. The van der Waals surface area contributed by atoms with Gasteiger partial charge in [0.05, 0.1) is 17.5 Å². The minimum Gasteiger partial charge on any atom is -0.493 e. The summed E-state index contributed by atoms with van der Waals surface area (Å²) in [5.41, 5.74) is 1.37. The monoisotopic (exact) mass is 492 g/mol. The van der Waals surface area contributed by atoms with Crippen molar-refractivity contribution in [1.82, 2.24) is 9.62 Å². The van der Waals surface area contributed by atoms with E-state index in [1.165, 1.54) is 12.1 Å². The highest BCUT2D eigenvalue weighted by atomic mass is 79.9. The molecule has 8 heteroatoms. The average molecular weight is 493 g/mol. The highest BCUT2D eigenvalue weighted by Gasteiger charge is 2.31. The molecule has 2 atom stereocenters. The number of fused-ring (bicyclic) bond motifs is 1. The highest BCUT2D eigenvalue weighted by molar-refractivity contribution is 9.10. The number of ether oxygens (including phenoxy) is 1. The largest absolute Gasteiger partial charge is 0.493 e. The quantitative estimate of drug-likeness (QED) is 0.691. The molecule has 6 nitrogen and oxygen atoms in total. The van der Waals surface area contributed by atoms with Gasteiger partial charge in [-0.3, -0.25) is 4.79 Å². The van der Waals surface area contributed by atoms with Crippen LogP contribution in [0.1, 0.15) is 54.6 Å². The molecule has 2 aliphatic heterocycles. The standard InChI is InChI=1S/C22H25BrN2O4S/c1-15-4-2-3-12-25(15)30(27,28)18-8-5-16(6-9-18)22(26)24-20-11-13-29-21-10-7-17(23)14-19(20)21/h5-10,14-15,20H,2-4,11-13H2,1H3,(H,24,26). The second-order valence-corrected chi connectivity index (χ2v) is 10.6. The molecule has 160 valence electrons. The molecule has 0 bridgehead atoms. The molecule has 2 aromatic carbocycles. The number of hydrogen-bond donors (Lipinski definition) is 1. The molecule has 4 rings (SSSR count). The van der Waals surface area contributed by atoms with Crippen molar-refractivity contribution in [3.05, 3.63) is 58.1 Å². The van der Waals surface area contributed by atoms with E-state index in [0.717, 1.165) is 35.0 Å². The van der Waals surface area contributed by atoms with Crippen LogP contribution in [0.2, 0.25) is 0 Å². The number of nitrogens with zero attached hydrogens (tertiary/aromatic N) is 1. The van der Waals surface area contributed by atoms with Crippen LogP contribution in [0.25, 0.3) is 0 Å².